The zero-order valence-corrected chi connectivity index (χ0v) is 14.5. The van der Waals surface area contributed by atoms with Crippen molar-refractivity contribution in [2.45, 2.75) is 33.1 Å². The molecule has 1 aliphatic rings. The summed E-state index contributed by atoms with van der Waals surface area (Å²) in [5, 5.41) is 3.43. The van der Waals surface area contributed by atoms with Gasteiger partial charge in [-0.15, -0.1) is 0 Å². The van der Waals surface area contributed by atoms with Crippen LogP contribution in [0.15, 0.2) is 0 Å². The van der Waals surface area contributed by atoms with Crippen LogP contribution in [-0.2, 0) is 14.9 Å². The van der Waals surface area contributed by atoms with Gasteiger partial charge in [-0.1, -0.05) is 13.8 Å². The summed E-state index contributed by atoms with van der Waals surface area (Å²) in [6.45, 7) is 8.67. The second kappa shape index (κ2) is 9.74. The summed E-state index contributed by atoms with van der Waals surface area (Å²) >= 11 is 0. The molecule has 0 spiro atoms. The van der Waals surface area contributed by atoms with E-state index in [2.05, 4.69) is 12.2 Å². The Morgan fingerprint density at radius 2 is 1.95 bits per heavy atom. The van der Waals surface area contributed by atoms with Gasteiger partial charge in [0.2, 0.25) is 0 Å². The van der Waals surface area contributed by atoms with Crippen LogP contribution in [0.1, 0.15) is 33.1 Å². The molecular formula is C14H31N3O3S. The molecule has 1 fully saturated rings. The van der Waals surface area contributed by atoms with Crippen molar-refractivity contribution in [1.29, 1.82) is 0 Å². The van der Waals surface area contributed by atoms with Crippen molar-refractivity contribution >= 4 is 10.2 Å². The molecule has 1 saturated heterocycles. The number of piperidine rings is 1. The minimum atomic E-state index is -3.33. The molecule has 0 bridgehead atoms. The number of rotatable bonds is 10. The van der Waals surface area contributed by atoms with E-state index >= 15 is 0 Å². The van der Waals surface area contributed by atoms with Gasteiger partial charge in [-0.2, -0.15) is 17.0 Å². The van der Waals surface area contributed by atoms with E-state index in [1.807, 2.05) is 6.92 Å². The van der Waals surface area contributed by atoms with Crippen LogP contribution >= 0.6 is 0 Å². The number of hydrogen-bond donors (Lipinski definition) is 1. The molecule has 0 atom stereocenters. The number of ether oxygens (including phenoxy) is 1. The van der Waals surface area contributed by atoms with Crippen LogP contribution < -0.4 is 5.32 Å². The Morgan fingerprint density at radius 1 is 1.29 bits per heavy atom. The summed E-state index contributed by atoms with van der Waals surface area (Å²) in [6, 6.07) is 0. The van der Waals surface area contributed by atoms with Gasteiger partial charge in [0.1, 0.15) is 0 Å². The van der Waals surface area contributed by atoms with Crippen LogP contribution in [0.3, 0.4) is 0 Å². The number of likely N-dealkylation sites (N-methyl/N-ethyl adjacent to an activating group) is 1. The quantitative estimate of drug-likeness (QED) is 0.608. The van der Waals surface area contributed by atoms with E-state index in [-0.39, 0.29) is 0 Å². The number of hydrogen-bond acceptors (Lipinski definition) is 4. The van der Waals surface area contributed by atoms with E-state index in [1.54, 1.807) is 11.4 Å². The van der Waals surface area contributed by atoms with Crippen molar-refractivity contribution < 1.29 is 13.2 Å². The van der Waals surface area contributed by atoms with Crippen molar-refractivity contribution in [3.63, 3.8) is 0 Å². The highest BCUT2D eigenvalue weighted by Gasteiger charge is 2.31. The molecule has 0 radical (unpaired) electrons. The highest BCUT2D eigenvalue weighted by atomic mass is 32.2. The molecule has 0 aliphatic carbocycles. The van der Waals surface area contributed by atoms with Gasteiger partial charge in [-0.25, -0.2) is 0 Å². The van der Waals surface area contributed by atoms with Gasteiger partial charge in [0.15, 0.2) is 0 Å². The molecule has 0 saturated carbocycles. The molecule has 1 rings (SSSR count). The fourth-order valence-electron chi connectivity index (χ4n) is 2.62. The van der Waals surface area contributed by atoms with Crippen LogP contribution in [0.4, 0.5) is 0 Å². The molecular weight excluding hydrogens is 290 g/mol. The van der Waals surface area contributed by atoms with Gasteiger partial charge in [0.05, 0.1) is 6.61 Å². The monoisotopic (exact) mass is 321 g/mol. The van der Waals surface area contributed by atoms with Crippen LogP contribution in [0.25, 0.3) is 0 Å². The topological polar surface area (TPSA) is 61.9 Å². The Morgan fingerprint density at radius 3 is 2.48 bits per heavy atom. The van der Waals surface area contributed by atoms with Gasteiger partial charge in [0, 0.05) is 33.3 Å². The smallest absolute Gasteiger partial charge is 0.282 e. The van der Waals surface area contributed by atoms with E-state index in [0.29, 0.717) is 38.7 Å². The summed E-state index contributed by atoms with van der Waals surface area (Å²) in [4.78, 5) is 0. The largest absolute Gasteiger partial charge is 0.383 e. The van der Waals surface area contributed by atoms with Crippen molar-refractivity contribution in [2.75, 3.05) is 53.0 Å². The summed E-state index contributed by atoms with van der Waals surface area (Å²) in [5.74, 6) is 0.594. The predicted octanol–water partition coefficient (Wildman–Crippen LogP) is 0.911. The lowest BCUT2D eigenvalue weighted by Gasteiger charge is -2.34. The van der Waals surface area contributed by atoms with Gasteiger partial charge < -0.3 is 10.1 Å². The Hall–Kier alpha value is -0.210. The Balaban J connectivity index is 2.47. The predicted molar refractivity (Wildman–Crippen MR) is 85.5 cm³/mol. The zero-order chi connectivity index (χ0) is 15.7. The molecule has 0 aromatic heterocycles. The van der Waals surface area contributed by atoms with Crippen molar-refractivity contribution in [1.82, 2.24) is 13.9 Å². The van der Waals surface area contributed by atoms with Crippen molar-refractivity contribution in [3.8, 4) is 0 Å². The maximum absolute atomic E-state index is 12.6. The van der Waals surface area contributed by atoms with Gasteiger partial charge in [-0.3, -0.25) is 0 Å². The summed E-state index contributed by atoms with van der Waals surface area (Å²) in [7, 11) is -1.74. The van der Waals surface area contributed by atoms with E-state index in [4.69, 9.17) is 4.74 Å². The number of nitrogens with zero attached hydrogens (tertiary/aromatic N) is 2. The molecule has 6 nitrogen and oxygen atoms in total. The van der Waals surface area contributed by atoms with Crippen LogP contribution in [0.2, 0.25) is 0 Å². The Labute approximate surface area is 130 Å². The standard InChI is InChI=1S/C14H31N3O3S/c1-4-8-15-13-14-6-9-17(10-7-14)21(18,19)16(5-2)11-12-20-3/h14-15H,4-13H2,1-3H3. The second-order valence-electron chi connectivity index (χ2n) is 5.54. The molecule has 0 aromatic rings. The molecule has 1 heterocycles. The van der Waals surface area contributed by atoms with Crippen molar-refractivity contribution in [3.05, 3.63) is 0 Å². The maximum Gasteiger partial charge on any atom is 0.282 e. The summed E-state index contributed by atoms with van der Waals surface area (Å²) in [5.41, 5.74) is 0. The van der Waals surface area contributed by atoms with Crippen LogP contribution in [0, 0.1) is 5.92 Å². The zero-order valence-electron chi connectivity index (χ0n) is 13.7. The van der Waals surface area contributed by atoms with E-state index in [9.17, 15) is 8.42 Å². The third-order valence-corrected chi connectivity index (χ3v) is 6.09. The average Bonchev–Trinajstić information content (AvgIpc) is 2.48. The van der Waals surface area contributed by atoms with Crippen LogP contribution in [-0.4, -0.2) is 70.0 Å². The normalized spacial score (nSPS) is 18.5. The number of methoxy groups -OCH3 is 1. The maximum atomic E-state index is 12.6. The van der Waals surface area contributed by atoms with Crippen molar-refractivity contribution in [2.24, 2.45) is 5.92 Å². The summed E-state index contributed by atoms with van der Waals surface area (Å²) < 4.78 is 33.3. The molecule has 0 amide bonds. The van der Waals surface area contributed by atoms with E-state index < -0.39 is 10.2 Å². The molecule has 126 valence electrons. The van der Waals surface area contributed by atoms with Gasteiger partial charge >= 0.3 is 0 Å². The second-order valence-corrected chi connectivity index (χ2v) is 7.47. The summed E-state index contributed by atoms with van der Waals surface area (Å²) in [6.07, 6.45) is 3.02. The van der Waals surface area contributed by atoms with E-state index in [1.165, 1.54) is 4.31 Å². The fourth-order valence-corrected chi connectivity index (χ4v) is 4.25. The fraction of sp³-hybridized carbons (Fsp3) is 1.00. The molecule has 0 unspecified atom stereocenters. The molecule has 1 N–H and O–H groups in total. The first-order chi connectivity index (χ1) is 10.1. The number of nitrogens with one attached hydrogen (secondary N) is 1. The van der Waals surface area contributed by atoms with Gasteiger partial charge in [-0.05, 0) is 38.3 Å². The molecule has 21 heavy (non-hydrogen) atoms. The highest BCUT2D eigenvalue weighted by Crippen LogP contribution is 2.20. The van der Waals surface area contributed by atoms with Gasteiger partial charge in [0.25, 0.3) is 10.2 Å². The first-order valence-corrected chi connectivity index (χ1v) is 9.40. The first-order valence-electron chi connectivity index (χ1n) is 8.01. The minimum Gasteiger partial charge on any atom is -0.383 e. The third-order valence-electron chi connectivity index (χ3n) is 3.98. The lowest BCUT2D eigenvalue weighted by molar-refractivity contribution is 0.174. The highest BCUT2D eigenvalue weighted by molar-refractivity contribution is 7.86. The average molecular weight is 321 g/mol. The lowest BCUT2D eigenvalue weighted by atomic mass is 9.98. The molecule has 7 heteroatoms. The third kappa shape index (κ3) is 5.83. The Bertz CT molecular complexity index is 368. The minimum absolute atomic E-state index is 0.424. The Kier molecular flexibility index (Phi) is 8.73. The SMILES string of the molecule is CCCNCC1CCN(S(=O)(=O)N(CC)CCOC)CC1. The molecule has 0 aromatic carbocycles. The van der Waals surface area contributed by atoms with E-state index in [0.717, 1.165) is 32.4 Å². The molecule has 1 aliphatic heterocycles. The van der Waals surface area contributed by atoms with Crippen LogP contribution in [0.5, 0.6) is 0 Å². The lowest BCUT2D eigenvalue weighted by Crippen LogP contribution is -2.48. The first kappa shape index (κ1) is 18.8.